The van der Waals surface area contributed by atoms with Crippen LogP contribution in [0, 0.1) is 5.82 Å². The molecule has 1 nitrogen and oxygen atoms in total. The molecule has 0 radical (unpaired) electrons. The van der Waals surface area contributed by atoms with Crippen LogP contribution in [-0.4, -0.2) is 5.11 Å². The van der Waals surface area contributed by atoms with Crippen LogP contribution in [0.3, 0.4) is 0 Å². The van der Waals surface area contributed by atoms with Crippen molar-refractivity contribution in [3.63, 3.8) is 0 Å². The number of hydrogen-bond acceptors (Lipinski definition) is 1. The van der Waals surface area contributed by atoms with Crippen molar-refractivity contribution in [2.24, 2.45) is 0 Å². The molecule has 104 valence electrons. The fourth-order valence-corrected chi connectivity index (χ4v) is 3.34. The van der Waals surface area contributed by atoms with Crippen LogP contribution < -0.4 is 0 Å². The number of rotatable bonds is 2. The maximum atomic E-state index is 13.2. The molecule has 1 unspecified atom stereocenters. The lowest BCUT2D eigenvalue weighted by molar-refractivity contribution is 0.0390. The average molecular weight is 311 g/mol. The molecule has 2 aromatic rings. The van der Waals surface area contributed by atoms with E-state index >= 15 is 0 Å². The summed E-state index contributed by atoms with van der Waals surface area (Å²) in [5.41, 5.74) is 1.53. The van der Waals surface area contributed by atoms with Crippen molar-refractivity contribution in [2.45, 2.75) is 24.9 Å². The summed E-state index contributed by atoms with van der Waals surface area (Å²) in [6, 6.07) is 9.80. The number of fused-ring (bicyclic) bond motifs is 1. The number of aryl methyl sites for hydroxylation is 1. The normalized spacial score (nSPS) is 21.0. The summed E-state index contributed by atoms with van der Waals surface area (Å²) < 4.78 is 13.2. The smallest absolute Gasteiger partial charge is 0.123 e. The highest BCUT2D eigenvalue weighted by Crippen LogP contribution is 2.40. The van der Waals surface area contributed by atoms with E-state index in [1.165, 1.54) is 12.1 Å². The topological polar surface area (TPSA) is 20.2 Å². The lowest BCUT2D eigenvalue weighted by Gasteiger charge is -2.24. The molecule has 0 amide bonds. The van der Waals surface area contributed by atoms with Crippen molar-refractivity contribution in [3.8, 4) is 0 Å². The van der Waals surface area contributed by atoms with Crippen LogP contribution in [0.15, 0.2) is 36.4 Å². The molecular formula is C16H13Cl2FO. The molecule has 0 aliphatic heterocycles. The first kappa shape index (κ1) is 13.9. The van der Waals surface area contributed by atoms with Crippen molar-refractivity contribution < 1.29 is 9.50 Å². The third-order valence-electron chi connectivity index (χ3n) is 3.87. The summed E-state index contributed by atoms with van der Waals surface area (Å²) in [5.74, 6) is -0.266. The van der Waals surface area contributed by atoms with Gasteiger partial charge in [0.1, 0.15) is 5.82 Å². The molecule has 1 N–H and O–H groups in total. The second-order valence-electron chi connectivity index (χ2n) is 5.25. The van der Waals surface area contributed by atoms with Crippen LogP contribution in [0.2, 0.25) is 10.0 Å². The summed E-state index contributed by atoms with van der Waals surface area (Å²) in [6.45, 7) is 0. The van der Waals surface area contributed by atoms with Crippen LogP contribution in [0.4, 0.5) is 4.39 Å². The van der Waals surface area contributed by atoms with Crippen LogP contribution >= 0.6 is 23.2 Å². The second kappa shape index (κ2) is 5.03. The Balaban J connectivity index is 1.96. The summed E-state index contributed by atoms with van der Waals surface area (Å²) in [4.78, 5) is 0. The van der Waals surface area contributed by atoms with E-state index in [1.807, 2.05) is 6.07 Å². The molecule has 1 aliphatic rings. The van der Waals surface area contributed by atoms with Gasteiger partial charge in [0, 0.05) is 16.5 Å². The molecule has 1 aliphatic carbocycles. The summed E-state index contributed by atoms with van der Waals surface area (Å²) in [7, 11) is 0. The Labute approximate surface area is 127 Å². The summed E-state index contributed by atoms with van der Waals surface area (Å²) in [6.07, 6.45) is 1.65. The molecule has 0 spiro atoms. The van der Waals surface area contributed by atoms with Gasteiger partial charge in [0.2, 0.25) is 0 Å². The minimum absolute atomic E-state index is 0.266. The first-order valence-corrected chi connectivity index (χ1v) is 7.19. The first-order chi connectivity index (χ1) is 9.48. The van der Waals surface area contributed by atoms with E-state index in [1.54, 1.807) is 18.2 Å². The van der Waals surface area contributed by atoms with Gasteiger partial charge in [-0.3, -0.25) is 0 Å². The van der Waals surface area contributed by atoms with E-state index in [-0.39, 0.29) is 5.82 Å². The largest absolute Gasteiger partial charge is 0.385 e. The zero-order chi connectivity index (χ0) is 14.3. The fraction of sp³-hybridized carbons (Fsp3) is 0.250. The van der Waals surface area contributed by atoms with Gasteiger partial charge in [0.15, 0.2) is 0 Å². The average Bonchev–Trinajstić information content (AvgIpc) is 2.70. The van der Waals surface area contributed by atoms with E-state index < -0.39 is 5.60 Å². The van der Waals surface area contributed by atoms with E-state index in [0.29, 0.717) is 29.3 Å². The zero-order valence-electron chi connectivity index (χ0n) is 10.7. The van der Waals surface area contributed by atoms with Gasteiger partial charge < -0.3 is 5.11 Å². The lowest BCUT2D eigenvalue weighted by Crippen LogP contribution is -2.25. The molecule has 0 saturated heterocycles. The van der Waals surface area contributed by atoms with Crippen molar-refractivity contribution in [1.29, 1.82) is 0 Å². The van der Waals surface area contributed by atoms with Gasteiger partial charge in [-0.2, -0.15) is 0 Å². The third kappa shape index (κ3) is 2.44. The van der Waals surface area contributed by atoms with Crippen molar-refractivity contribution in [3.05, 3.63) is 69.0 Å². The van der Waals surface area contributed by atoms with Crippen molar-refractivity contribution in [2.75, 3.05) is 0 Å². The van der Waals surface area contributed by atoms with Gasteiger partial charge >= 0.3 is 0 Å². The van der Waals surface area contributed by atoms with Crippen LogP contribution in [0.5, 0.6) is 0 Å². The van der Waals surface area contributed by atoms with Gasteiger partial charge in [-0.05, 0) is 53.8 Å². The van der Waals surface area contributed by atoms with Gasteiger partial charge in [-0.15, -0.1) is 0 Å². The molecule has 0 aromatic heterocycles. The standard InChI is InChI=1S/C16H13Cl2FO/c17-12-2-1-11(15(18)8-12)9-16(20)6-5-10-7-13(19)3-4-14(10)16/h1-4,7-8,20H,5-6,9H2. The van der Waals surface area contributed by atoms with E-state index in [2.05, 4.69) is 0 Å². The Morgan fingerprint density at radius 3 is 2.70 bits per heavy atom. The summed E-state index contributed by atoms with van der Waals surface area (Å²) >= 11 is 12.0. The van der Waals surface area contributed by atoms with Gasteiger partial charge in [-0.1, -0.05) is 35.3 Å². The number of halogens is 3. The molecule has 0 bridgehead atoms. The molecule has 20 heavy (non-hydrogen) atoms. The molecular weight excluding hydrogens is 298 g/mol. The third-order valence-corrected chi connectivity index (χ3v) is 4.46. The quantitative estimate of drug-likeness (QED) is 0.865. The van der Waals surface area contributed by atoms with Crippen molar-refractivity contribution in [1.82, 2.24) is 0 Å². The number of aliphatic hydroxyl groups is 1. The molecule has 0 heterocycles. The summed E-state index contributed by atoms with van der Waals surface area (Å²) in [5, 5.41) is 12.0. The SMILES string of the molecule is OC1(Cc2ccc(Cl)cc2Cl)CCc2cc(F)ccc21. The Kier molecular flexibility index (Phi) is 3.49. The van der Waals surface area contributed by atoms with Crippen molar-refractivity contribution >= 4 is 23.2 Å². The van der Waals surface area contributed by atoms with E-state index in [0.717, 1.165) is 16.7 Å². The predicted octanol–water partition coefficient (Wildman–Crippen LogP) is 4.51. The zero-order valence-corrected chi connectivity index (χ0v) is 12.2. The number of benzene rings is 2. The highest BCUT2D eigenvalue weighted by atomic mass is 35.5. The van der Waals surface area contributed by atoms with Crippen LogP contribution in [-0.2, 0) is 18.4 Å². The van der Waals surface area contributed by atoms with E-state index in [4.69, 9.17) is 23.2 Å². The molecule has 0 saturated carbocycles. The highest BCUT2D eigenvalue weighted by molar-refractivity contribution is 6.35. The Morgan fingerprint density at radius 1 is 1.15 bits per heavy atom. The fourth-order valence-electron chi connectivity index (χ4n) is 2.86. The molecule has 2 aromatic carbocycles. The monoisotopic (exact) mass is 310 g/mol. The maximum Gasteiger partial charge on any atom is 0.123 e. The van der Waals surface area contributed by atoms with E-state index in [9.17, 15) is 9.50 Å². The molecule has 0 fully saturated rings. The Bertz CT molecular complexity index is 672. The lowest BCUT2D eigenvalue weighted by atomic mass is 9.89. The minimum Gasteiger partial charge on any atom is -0.385 e. The maximum absolute atomic E-state index is 13.2. The second-order valence-corrected chi connectivity index (χ2v) is 6.09. The van der Waals surface area contributed by atoms with Gasteiger partial charge in [0.25, 0.3) is 0 Å². The van der Waals surface area contributed by atoms with Gasteiger partial charge in [-0.25, -0.2) is 4.39 Å². The van der Waals surface area contributed by atoms with Gasteiger partial charge in [0.05, 0.1) is 5.60 Å². The number of hydrogen-bond donors (Lipinski definition) is 1. The molecule has 4 heteroatoms. The Hall–Kier alpha value is -1.09. The molecule has 1 atom stereocenters. The van der Waals surface area contributed by atoms with Crippen LogP contribution in [0.25, 0.3) is 0 Å². The van der Waals surface area contributed by atoms with Crippen LogP contribution in [0.1, 0.15) is 23.1 Å². The first-order valence-electron chi connectivity index (χ1n) is 6.43. The highest BCUT2D eigenvalue weighted by Gasteiger charge is 2.37. The Morgan fingerprint density at radius 2 is 1.95 bits per heavy atom. The predicted molar refractivity (Wildman–Crippen MR) is 78.8 cm³/mol. The minimum atomic E-state index is -0.986. The molecule has 3 rings (SSSR count).